The van der Waals surface area contributed by atoms with E-state index < -0.39 is 5.91 Å². The number of nitrogens with one attached hydrogen (secondary N) is 1. The Morgan fingerprint density at radius 2 is 1.86 bits per heavy atom. The Labute approximate surface area is 217 Å². The zero-order valence-corrected chi connectivity index (χ0v) is 21.5. The number of nitrogens with two attached hydrogens (primary N) is 1. The van der Waals surface area contributed by atoms with Crippen LogP contribution in [0.25, 0.3) is 0 Å². The van der Waals surface area contributed by atoms with Crippen molar-refractivity contribution < 1.29 is 19.1 Å². The summed E-state index contributed by atoms with van der Waals surface area (Å²) in [4.78, 5) is 28.9. The van der Waals surface area contributed by atoms with Crippen LogP contribution in [-0.2, 0) is 4.79 Å². The Kier molecular flexibility index (Phi) is 8.36. The smallest absolute Gasteiger partial charge is 0.255 e. The van der Waals surface area contributed by atoms with E-state index in [0.717, 1.165) is 19.6 Å². The van der Waals surface area contributed by atoms with Crippen LogP contribution >= 0.6 is 0 Å². The van der Waals surface area contributed by atoms with Crippen molar-refractivity contribution in [3.63, 3.8) is 0 Å². The van der Waals surface area contributed by atoms with Gasteiger partial charge in [0.25, 0.3) is 5.91 Å². The quantitative estimate of drug-likeness (QED) is 0.394. The summed E-state index contributed by atoms with van der Waals surface area (Å²) in [7, 11) is 3.14. The first kappa shape index (κ1) is 26.1. The molecule has 3 N–H and O–H groups in total. The van der Waals surface area contributed by atoms with E-state index in [1.54, 1.807) is 42.0 Å². The minimum atomic E-state index is -0.612. The Bertz CT molecular complexity index is 1200. The third kappa shape index (κ3) is 6.06. The molecule has 2 amide bonds. The molecule has 0 saturated carbocycles. The van der Waals surface area contributed by atoms with Crippen LogP contribution in [0.1, 0.15) is 46.9 Å². The van der Waals surface area contributed by atoms with Crippen molar-refractivity contribution in [1.29, 1.82) is 0 Å². The first-order valence-electron chi connectivity index (χ1n) is 12.5. The van der Waals surface area contributed by atoms with Gasteiger partial charge < -0.3 is 30.3 Å². The van der Waals surface area contributed by atoms with Crippen LogP contribution in [0.2, 0.25) is 0 Å². The molecule has 3 heterocycles. The molecule has 0 bridgehead atoms. The minimum absolute atomic E-state index is 0.122. The summed E-state index contributed by atoms with van der Waals surface area (Å²) in [5.41, 5.74) is 7.03. The van der Waals surface area contributed by atoms with Gasteiger partial charge in [0.05, 0.1) is 20.3 Å². The van der Waals surface area contributed by atoms with Gasteiger partial charge in [-0.25, -0.2) is 4.68 Å². The number of amides is 2. The lowest BCUT2D eigenvalue weighted by Gasteiger charge is -2.19. The molecule has 0 radical (unpaired) electrons. The van der Waals surface area contributed by atoms with Crippen molar-refractivity contribution in [2.45, 2.75) is 25.3 Å². The van der Waals surface area contributed by atoms with Crippen LogP contribution in [0.5, 0.6) is 11.5 Å². The van der Waals surface area contributed by atoms with E-state index in [2.05, 4.69) is 28.6 Å². The number of primary amides is 1. The lowest BCUT2D eigenvalue weighted by molar-refractivity contribution is -0.125. The summed E-state index contributed by atoms with van der Waals surface area (Å²) in [5, 5.41) is 8.13. The van der Waals surface area contributed by atoms with Crippen LogP contribution in [0, 0.1) is 11.8 Å². The number of benzene rings is 1. The first-order valence-corrected chi connectivity index (χ1v) is 12.5. The molecule has 2 aromatic rings. The molecule has 0 aliphatic carbocycles. The average Bonchev–Trinajstić information content (AvgIpc) is 3.67. The molecule has 2 saturated heterocycles. The summed E-state index contributed by atoms with van der Waals surface area (Å²) in [6, 6.07) is 5.19. The summed E-state index contributed by atoms with van der Waals surface area (Å²) in [6.45, 7) is 8.27. The average molecular weight is 507 g/mol. The Hall–Kier alpha value is -3.97. The molecule has 1 aromatic heterocycles. The summed E-state index contributed by atoms with van der Waals surface area (Å²) >= 11 is 0. The van der Waals surface area contributed by atoms with Crippen molar-refractivity contribution in [2.24, 2.45) is 5.73 Å². The number of carbonyl (C=O) groups is 2. The van der Waals surface area contributed by atoms with E-state index in [-0.39, 0.29) is 23.2 Å². The fourth-order valence-corrected chi connectivity index (χ4v) is 4.81. The SMILES string of the molecule is C=CC(=O)N1CC[C@H](n2nc(C#Cc3cc(OC)cc(OC)c3)c(C(N)=O)c2NCCN2CCCC2)C1. The molecule has 0 spiro atoms. The van der Waals surface area contributed by atoms with Crippen LogP contribution in [0.3, 0.4) is 0 Å². The number of ether oxygens (including phenoxy) is 2. The number of rotatable bonds is 9. The molecule has 1 aromatic carbocycles. The van der Waals surface area contributed by atoms with Crippen molar-refractivity contribution in [3.8, 4) is 23.3 Å². The highest BCUT2D eigenvalue weighted by Crippen LogP contribution is 2.29. The fourth-order valence-electron chi connectivity index (χ4n) is 4.81. The summed E-state index contributed by atoms with van der Waals surface area (Å²) in [6.07, 6.45) is 4.41. The normalized spacial score (nSPS) is 17.2. The van der Waals surface area contributed by atoms with Crippen molar-refractivity contribution >= 4 is 17.6 Å². The lowest BCUT2D eigenvalue weighted by Crippen LogP contribution is -2.29. The number of carbonyl (C=O) groups excluding carboxylic acids is 2. The molecule has 10 nitrogen and oxygen atoms in total. The van der Waals surface area contributed by atoms with Gasteiger partial charge in [-0.05, 0) is 56.5 Å². The highest BCUT2D eigenvalue weighted by atomic mass is 16.5. The number of nitrogens with zero attached hydrogens (tertiary/aromatic N) is 4. The third-order valence-corrected chi connectivity index (χ3v) is 6.75. The molecule has 196 valence electrons. The van der Waals surface area contributed by atoms with Crippen LogP contribution in [0.4, 0.5) is 5.82 Å². The maximum absolute atomic E-state index is 12.7. The van der Waals surface area contributed by atoms with Gasteiger partial charge in [0.2, 0.25) is 5.91 Å². The first-order chi connectivity index (χ1) is 17.9. The predicted molar refractivity (Wildman–Crippen MR) is 141 cm³/mol. The monoisotopic (exact) mass is 506 g/mol. The van der Waals surface area contributed by atoms with Gasteiger partial charge in [0, 0.05) is 37.8 Å². The molecule has 0 unspecified atom stereocenters. The molecule has 10 heteroatoms. The van der Waals surface area contributed by atoms with E-state index in [1.165, 1.54) is 18.9 Å². The zero-order chi connectivity index (χ0) is 26.4. The van der Waals surface area contributed by atoms with Crippen LogP contribution in [-0.4, -0.2) is 84.9 Å². The van der Waals surface area contributed by atoms with Gasteiger partial charge in [0.1, 0.15) is 22.9 Å². The van der Waals surface area contributed by atoms with Gasteiger partial charge in [-0.15, -0.1) is 0 Å². The topological polar surface area (TPSA) is 115 Å². The number of hydrogen-bond acceptors (Lipinski definition) is 7. The van der Waals surface area contributed by atoms with Crippen molar-refractivity contribution in [2.75, 3.05) is 58.8 Å². The summed E-state index contributed by atoms with van der Waals surface area (Å²) < 4.78 is 12.4. The van der Waals surface area contributed by atoms with E-state index in [4.69, 9.17) is 20.3 Å². The molecule has 4 rings (SSSR count). The minimum Gasteiger partial charge on any atom is -0.497 e. The second-order valence-electron chi connectivity index (χ2n) is 9.14. The molecular formula is C27H34N6O4. The zero-order valence-electron chi connectivity index (χ0n) is 21.5. The highest BCUT2D eigenvalue weighted by Gasteiger charge is 2.31. The maximum Gasteiger partial charge on any atom is 0.255 e. The number of methoxy groups -OCH3 is 2. The standard InChI is InChI=1S/C27H34N6O4/c1-4-24(34)32-13-9-20(18-32)33-27(29-10-14-31-11-5-6-12-31)25(26(28)35)23(30-33)8-7-19-15-21(36-2)17-22(16-19)37-3/h4,15-17,20,29H,1,5-6,9-14,18H2,2-3H3,(H2,28,35)/t20-/m0/s1. The molecular weight excluding hydrogens is 472 g/mol. The van der Waals surface area contributed by atoms with Crippen LogP contribution < -0.4 is 20.5 Å². The second kappa shape index (κ2) is 11.8. The number of anilines is 1. The predicted octanol–water partition coefficient (Wildman–Crippen LogP) is 1.87. The second-order valence-corrected chi connectivity index (χ2v) is 9.14. The van der Waals surface area contributed by atoms with E-state index in [0.29, 0.717) is 48.9 Å². The third-order valence-electron chi connectivity index (χ3n) is 6.75. The number of aromatic nitrogens is 2. The van der Waals surface area contributed by atoms with Crippen molar-refractivity contribution in [1.82, 2.24) is 19.6 Å². The number of hydrogen-bond donors (Lipinski definition) is 2. The van der Waals surface area contributed by atoms with E-state index >= 15 is 0 Å². The molecule has 37 heavy (non-hydrogen) atoms. The van der Waals surface area contributed by atoms with Crippen LogP contribution in [0.15, 0.2) is 30.9 Å². The van der Waals surface area contributed by atoms with Gasteiger partial charge in [-0.3, -0.25) is 9.59 Å². The Balaban J connectivity index is 1.69. The Morgan fingerprint density at radius 1 is 1.16 bits per heavy atom. The number of likely N-dealkylation sites (tertiary alicyclic amines) is 2. The Morgan fingerprint density at radius 3 is 2.49 bits per heavy atom. The van der Waals surface area contributed by atoms with Gasteiger partial charge >= 0.3 is 0 Å². The molecule has 2 fully saturated rings. The highest BCUT2D eigenvalue weighted by molar-refractivity contribution is 6.00. The molecule has 2 aliphatic heterocycles. The molecule has 2 aliphatic rings. The fraction of sp³-hybridized carbons (Fsp3) is 0.444. The van der Waals surface area contributed by atoms with Gasteiger partial charge in [-0.1, -0.05) is 12.5 Å². The van der Waals surface area contributed by atoms with Gasteiger partial charge in [-0.2, -0.15) is 5.10 Å². The lowest BCUT2D eigenvalue weighted by atomic mass is 10.1. The van der Waals surface area contributed by atoms with Gasteiger partial charge in [0.15, 0.2) is 5.69 Å². The van der Waals surface area contributed by atoms with E-state index in [9.17, 15) is 9.59 Å². The largest absolute Gasteiger partial charge is 0.497 e. The van der Waals surface area contributed by atoms with E-state index in [1.807, 2.05) is 0 Å². The summed E-state index contributed by atoms with van der Waals surface area (Å²) in [5.74, 6) is 7.11. The molecule has 1 atom stereocenters. The van der Waals surface area contributed by atoms with Crippen molar-refractivity contribution in [3.05, 3.63) is 47.7 Å². The maximum atomic E-state index is 12.7.